The molecule has 9 nitrogen and oxygen atoms in total. The van der Waals surface area contributed by atoms with Crippen LogP contribution < -0.4 is 23.7 Å². The second kappa shape index (κ2) is 11.8. The number of hydrogen-bond donors (Lipinski definition) is 1. The minimum atomic E-state index is -3.59. The van der Waals surface area contributed by atoms with Gasteiger partial charge in [0.05, 0.1) is 26.2 Å². The molecule has 0 heterocycles. The van der Waals surface area contributed by atoms with Crippen LogP contribution in [0.2, 0.25) is 0 Å². The Morgan fingerprint density at radius 2 is 1.61 bits per heavy atom. The van der Waals surface area contributed by atoms with E-state index in [2.05, 4.69) is 4.72 Å². The lowest BCUT2D eigenvalue weighted by molar-refractivity contribution is -0.132. The van der Waals surface area contributed by atoms with Crippen LogP contribution >= 0.6 is 0 Å². The van der Waals surface area contributed by atoms with E-state index in [1.54, 1.807) is 26.1 Å². The van der Waals surface area contributed by atoms with Crippen molar-refractivity contribution in [2.24, 2.45) is 0 Å². The predicted octanol–water partition coefficient (Wildman–Crippen LogP) is 2.83. The Morgan fingerprint density at radius 3 is 2.09 bits per heavy atom. The van der Waals surface area contributed by atoms with Gasteiger partial charge in [0.25, 0.3) is 5.91 Å². The number of sulfonamides is 1. The number of ether oxygens (including phenoxy) is 4. The highest BCUT2D eigenvalue weighted by Crippen LogP contribution is 2.38. The molecule has 0 aliphatic rings. The van der Waals surface area contributed by atoms with E-state index >= 15 is 0 Å². The third-order valence-electron chi connectivity index (χ3n) is 5.04. The van der Waals surface area contributed by atoms with Gasteiger partial charge in [0.15, 0.2) is 18.1 Å². The quantitative estimate of drug-likeness (QED) is 0.498. The van der Waals surface area contributed by atoms with E-state index in [9.17, 15) is 13.2 Å². The van der Waals surface area contributed by atoms with Crippen molar-refractivity contribution in [3.05, 3.63) is 42.0 Å². The molecule has 0 saturated heterocycles. The van der Waals surface area contributed by atoms with Gasteiger partial charge in [-0.25, -0.2) is 13.1 Å². The highest BCUT2D eigenvalue weighted by molar-refractivity contribution is 7.89. The normalized spacial score (nSPS) is 12.1. The van der Waals surface area contributed by atoms with Gasteiger partial charge in [-0.1, -0.05) is 6.92 Å². The van der Waals surface area contributed by atoms with E-state index in [4.69, 9.17) is 18.9 Å². The summed E-state index contributed by atoms with van der Waals surface area (Å²) in [4.78, 5) is 14.2. The fourth-order valence-electron chi connectivity index (χ4n) is 2.98. The highest BCUT2D eigenvalue weighted by Gasteiger charge is 2.18. The zero-order valence-electron chi connectivity index (χ0n) is 19.9. The summed E-state index contributed by atoms with van der Waals surface area (Å²) in [6.07, 6.45) is 0.687. The standard InChI is InChI=1S/C23H32N2O7S/c1-7-16(2)24-33(27,28)19-10-8-18(9-11-19)32-15-22(26)25(3)14-17-12-20(29-4)23(31-6)21(13-17)30-5/h8-13,16,24H,7,14-15H2,1-6H3. The highest BCUT2D eigenvalue weighted by atomic mass is 32.2. The molecule has 1 atom stereocenters. The van der Waals surface area contributed by atoms with Crippen LogP contribution in [0.4, 0.5) is 0 Å². The van der Waals surface area contributed by atoms with Gasteiger partial charge in [-0.05, 0) is 55.3 Å². The monoisotopic (exact) mass is 480 g/mol. The molecule has 2 rings (SSSR count). The first-order valence-corrected chi connectivity index (χ1v) is 11.9. The SMILES string of the molecule is CCC(C)NS(=O)(=O)c1ccc(OCC(=O)N(C)Cc2cc(OC)c(OC)c(OC)c2)cc1. The zero-order valence-corrected chi connectivity index (χ0v) is 20.7. The summed E-state index contributed by atoms with van der Waals surface area (Å²) in [6, 6.07) is 9.34. The van der Waals surface area contributed by atoms with Crippen LogP contribution in [0.1, 0.15) is 25.8 Å². The van der Waals surface area contributed by atoms with Crippen molar-refractivity contribution in [3.8, 4) is 23.0 Å². The van der Waals surface area contributed by atoms with Crippen molar-refractivity contribution < 1.29 is 32.2 Å². The lowest BCUT2D eigenvalue weighted by atomic mass is 10.1. The van der Waals surface area contributed by atoms with Crippen molar-refractivity contribution in [2.75, 3.05) is 35.0 Å². The largest absolute Gasteiger partial charge is 0.493 e. The Balaban J connectivity index is 1.99. The lowest BCUT2D eigenvalue weighted by Crippen LogP contribution is -2.32. The van der Waals surface area contributed by atoms with E-state index in [-0.39, 0.29) is 23.5 Å². The first-order valence-electron chi connectivity index (χ1n) is 10.4. The average Bonchev–Trinajstić information content (AvgIpc) is 2.81. The second-order valence-corrected chi connectivity index (χ2v) is 9.19. The van der Waals surface area contributed by atoms with Gasteiger partial charge in [-0.3, -0.25) is 4.79 Å². The summed E-state index contributed by atoms with van der Waals surface area (Å²) >= 11 is 0. The number of amides is 1. The maximum Gasteiger partial charge on any atom is 0.260 e. The van der Waals surface area contributed by atoms with Gasteiger partial charge in [-0.2, -0.15) is 0 Å². The van der Waals surface area contributed by atoms with Crippen LogP contribution in [-0.2, 0) is 21.4 Å². The van der Waals surface area contributed by atoms with Gasteiger partial charge in [-0.15, -0.1) is 0 Å². The number of hydrogen-bond acceptors (Lipinski definition) is 7. The van der Waals surface area contributed by atoms with E-state index in [1.807, 2.05) is 6.92 Å². The van der Waals surface area contributed by atoms with E-state index in [1.165, 1.54) is 50.5 Å². The molecule has 0 aromatic heterocycles. The van der Waals surface area contributed by atoms with Crippen LogP contribution in [-0.4, -0.2) is 60.3 Å². The van der Waals surface area contributed by atoms with Crippen molar-refractivity contribution in [3.63, 3.8) is 0 Å². The van der Waals surface area contributed by atoms with Gasteiger partial charge in [0, 0.05) is 19.6 Å². The Morgan fingerprint density at radius 1 is 1.03 bits per heavy atom. The summed E-state index contributed by atoms with van der Waals surface area (Å²) in [5.74, 6) is 1.63. The molecule has 33 heavy (non-hydrogen) atoms. The molecular weight excluding hydrogens is 448 g/mol. The maximum absolute atomic E-state index is 12.5. The van der Waals surface area contributed by atoms with E-state index in [0.29, 0.717) is 36.0 Å². The number of rotatable bonds is 12. The molecule has 2 aromatic carbocycles. The third kappa shape index (κ3) is 7.00. The molecule has 1 amide bonds. The van der Waals surface area contributed by atoms with Crippen molar-refractivity contribution in [1.29, 1.82) is 0 Å². The minimum absolute atomic E-state index is 0.140. The molecule has 1 unspecified atom stereocenters. The third-order valence-corrected chi connectivity index (χ3v) is 6.64. The maximum atomic E-state index is 12.5. The van der Waals surface area contributed by atoms with Crippen molar-refractivity contribution in [2.45, 2.75) is 37.8 Å². The molecule has 0 saturated carbocycles. The summed E-state index contributed by atoms with van der Waals surface area (Å²) in [5.41, 5.74) is 0.795. The summed E-state index contributed by atoms with van der Waals surface area (Å²) < 4.78 is 48.8. The molecule has 0 radical (unpaired) electrons. The minimum Gasteiger partial charge on any atom is -0.493 e. The summed E-state index contributed by atoms with van der Waals surface area (Å²) in [7, 11) is 2.65. The number of likely N-dealkylation sites (N-methyl/N-ethyl adjacent to an activating group) is 1. The number of nitrogens with one attached hydrogen (secondary N) is 1. The number of carbonyl (C=O) groups excluding carboxylic acids is 1. The Kier molecular flexibility index (Phi) is 9.36. The Hall–Kier alpha value is -2.98. The molecular formula is C23H32N2O7S. The smallest absolute Gasteiger partial charge is 0.260 e. The van der Waals surface area contributed by atoms with Crippen LogP contribution in [0.25, 0.3) is 0 Å². The molecule has 0 bridgehead atoms. The van der Waals surface area contributed by atoms with Gasteiger partial charge >= 0.3 is 0 Å². The fraction of sp³-hybridized carbons (Fsp3) is 0.435. The number of nitrogens with zero attached hydrogens (tertiary/aromatic N) is 1. The van der Waals surface area contributed by atoms with Gasteiger partial charge < -0.3 is 23.8 Å². The number of methoxy groups -OCH3 is 3. The second-order valence-electron chi connectivity index (χ2n) is 7.47. The predicted molar refractivity (Wildman–Crippen MR) is 125 cm³/mol. The topological polar surface area (TPSA) is 103 Å². The summed E-state index contributed by atoms with van der Waals surface area (Å²) in [6.45, 7) is 3.81. The molecule has 0 fully saturated rings. The molecule has 10 heteroatoms. The fourth-order valence-corrected chi connectivity index (χ4v) is 4.30. The van der Waals surface area contributed by atoms with Crippen LogP contribution in [0.3, 0.4) is 0 Å². The Bertz CT molecular complexity index is 1010. The molecule has 1 N–H and O–H groups in total. The molecule has 0 aliphatic heterocycles. The average molecular weight is 481 g/mol. The molecule has 182 valence electrons. The van der Waals surface area contributed by atoms with Crippen LogP contribution in [0.5, 0.6) is 23.0 Å². The van der Waals surface area contributed by atoms with E-state index < -0.39 is 10.0 Å². The van der Waals surface area contributed by atoms with Crippen LogP contribution in [0.15, 0.2) is 41.3 Å². The number of carbonyl (C=O) groups is 1. The van der Waals surface area contributed by atoms with Gasteiger partial charge in [0.1, 0.15) is 5.75 Å². The lowest BCUT2D eigenvalue weighted by Gasteiger charge is -2.20. The molecule has 0 spiro atoms. The van der Waals surface area contributed by atoms with Gasteiger partial charge in [0.2, 0.25) is 15.8 Å². The van der Waals surface area contributed by atoms with Crippen molar-refractivity contribution in [1.82, 2.24) is 9.62 Å². The molecule has 2 aromatic rings. The van der Waals surface area contributed by atoms with Crippen LogP contribution in [0, 0.1) is 0 Å². The molecule has 0 aliphatic carbocycles. The number of benzene rings is 2. The Labute approximate surface area is 195 Å². The first-order chi connectivity index (χ1) is 15.6. The van der Waals surface area contributed by atoms with E-state index in [0.717, 1.165) is 5.56 Å². The summed E-state index contributed by atoms with van der Waals surface area (Å²) in [5, 5.41) is 0. The van der Waals surface area contributed by atoms with Crippen molar-refractivity contribution >= 4 is 15.9 Å². The zero-order chi connectivity index (χ0) is 24.6. The first kappa shape index (κ1) is 26.3.